The van der Waals surface area contributed by atoms with Crippen LogP contribution in [-0.4, -0.2) is 99.8 Å². The Balaban J connectivity index is 1.59. The molecule has 2 fully saturated rings. The lowest BCUT2D eigenvalue weighted by Crippen LogP contribution is -2.54. The van der Waals surface area contributed by atoms with Crippen molar-refractivity contribution in [2.24, 2.45) is 0 Å². The van der Waals surface area contributed by atoms with E-state index in [9.17, 15) is 38.7 Å². The molecular weight excluding hydrogens is 540 g/mol. The van der Waals surface area contributed by atoms with Crippen molar-refractivity contribution in [3.05, 3.63) is 35.9 Å². The number of carboxylic acid groups (broad SMARTS) is 1. The highest BCUT2D eigenvalue weighted by molar-refractivity contribution is 6.37. The van der Waals surface area contributed by atoms with Gasteiger partial charge in [-0.1, -0.05) is 30.3 Å². The number of nitrogens with zero attached hydrogens (tertiary/aromatic N) is 2. The Kier molecular flexibility index (Phi) is 10.2. The summed E-state index contributed by atoms with van der Waals surface area (Å²) in [6, 6.07) is 4.96. The third-order valence-corrected chi connectivity index (χ3v) is 6.39. The van der Waals surface area contributed by atoms with Crippen molar-refractivity contribution in [1.82, 2.24) is 20.6 Å². The summed E-state index contributed by atoms with van der Waals surface area (Å²) >= 11 is 0. The molecule has 1 aromatic carbocycles. The minimum Gasteiger partial charge on any atom is -0.475 e. The van der Waals surface area contributed by atoms with Gasteiger partial charge in [0.15, 0.2) is 0 Å². The van der Waals surface area contributed by atoms with Gasteiger partial charge in [-0.05, 0) is 39.2 Å². The van der Waals surface area contributed by atoms with Crippen molar-refractivity contribution in [2.45, 2.75) is 70.2 Å². The number of carboxylic acids is 1. The first kappa shape index (κ1) is 31.2. The van der Waals surface area contributed by atoms with E-state index >= 15 is 0 Å². The van der Waals surface area contributed by atoms with Gasteiger partial charge in [0.2, 0.25) is 17.6 Å². The number of ketones is 2. The number of ether oxygens (including phenoxy) is 1. The van der Waals surface area contributed by atoms with Gasteiger partial charge in [0.1, 0.15) is 23.7 Å². The number of benzene rings is 1. The molecule has 0 spiro atoms. The number of likely N-dealkylation sites (tertiary alicyclic amines) is 1. The number of hydroxylamine groups is 2. The fourth-order valence-electron chi connectivity index (χ4n) is 4.47. The summed E-state index contributed by atoms with van der Waals surface area (Å²) in [5.41, 5.74) is -0.205. The first-order valence-electron chi connectivity index (χ1n) is 13.2. The maximum atomic E-state index is 13.1. The van der Waals surface area contributed by atoms with Crippen LogP contribution in [0.2, 0.25) is 0 Å². The number of Topliss-reactive ketones (excluding diaryl/α,β-unsaturated/α-hetero) is 2. The van der Waals surface area contributed by atoms with E-state index in [1.807, 2.05) is 0 Å². The predicted molar refractivity (Wildman–Crippen MR) is 140 cm³/mol. The average Bonchev–Trinajstić information content (AvgIpc) is 3.60. The van der Waals surface area contributed by atoms with Crippen LogP contribution in [0, 0.1) is 0 Å². The Bertz CT molecular complexity index is 1200. The Hall–Kier alpha value is -4.33. The van der Waals surface area contributed by atoms with Crippen molar-refractivity contribution >= 4 is 41.4 Å². The number of aliphatic carboxylic acids is 1. The average molecular weight is 575 g/mol. The van der Waals surface area contributed by atoms with Gasteiger partial charge in [0, 0.05) is 19.4 Å². The molecule has 0 bridgehead atoms. The standard InChI is InChI=1S/C27H34N4O10/c1-27(2,3)41-26(39)31-19(11-13-40-31)22(34)28-15-20(32)24(36)30-12-7-10-18(30)23(35)29-17(21(33)25(37)38)14-16-8-5-4-6-9-16/h4-6,8-9,17-19H,7,10-15H2,1-3H3,(H,28,34)(H,29,35)(H,37,38)/t17-,18-,19?/m0/s1. The first-order valence-corrected chi connectivity index (χ1v) is 13.2. The summed E-state index contributed by atoms with van der Waals surface area (Å²) in [7, 11) is 0. The number of hydrogen-bond donors (Lipinski definition) is 3. The van der Waals surface area contributed by atoms with E-state index in [0.29, 0.717) is 12.0 Å². The van der Waals surface area contributed by atoms with Gasteiger partial charge < -0.3 is 25.4 Å². The molecule has 0 saturated carbocycles. The molecule has 222 valence electrons. The smallest absolute Gasteiger partial charge is 0.435 e. The van der Waals surface area contributed by atoms with Gasteiger partial charge in [-0.15, -0.1) is 0 Å². The van der Waals surface area contributed by atoms with Crippen molar-refractivity contribution in [3.8, 4) is 0 Å². The fourth-order valence-corrected chi connectivity index (χ4v) is 4.47. The Morgan fingerprint density at radius 1 is 1.02 bits per heavy atom. The maximum Gasteiger partial charge on any atom is 0.435 e. The number of nitrogens with one attached hydrogen (secondary N) is 2. The maximum absolute atomic E-state index is 13.1. The second kappa shape index (κ2) is 13.4. The molecule has 0 radical (unpaired) electrons. The van der Waals surface area contributed by atoms with E-state index in [0.717, 1.165) is 9.96 Å². The predicted octanol–water partition coefficient (Wildman–Crippen LogP) is -0.0151. The molecule has 2 aliphatic heterocycles. The molecule has 1 aromatic rings. The third-order valence-electron chi connectivity index (χ3n) is 6.39. The van der Waals surface area contributed by atoms with Gasteiger partial charge in [0.05, 0.1) is 13.2 Å². The highest BCUT2D eigenvalue weighted by Crippen LogP contribution is 2.20. The van der Waals surface area contributed by atoms with E-state index in [2.05, 4.69) is 10.6 Å². The SMILES string of the molecule is CC(C)(C)OC(=O)N1OCCC1C(=O)NCC(=O)C(=O)N1CCC[C@H]1C(=O)N[C@@H](Cc1ccccc1)C(=O)C(=O)O. The second-order valence-electron chi connectivity index (χ2n) is 10.7. The Labute approximate surface area is 236 Å². The van der Waals surface area contributed by atoms with Crippen LogP contribution in [-0.2, 0) is 44.8 Å². The number of carbonyl (C=O) groups excluding carboxylic acids is 6. The first-order chi connectivity index (χ1) is 19.3. The molecule has 3 atom stereocenters. The lowest BCUT2D eigenvalue weighted by atomic mass is 10.0. The minimum atomic E-state index is -1.71. The van der Waals surface area contributed by atoms with Crippen LogP contribution >= 0.6 is 0 Å². The van der Waals surface area contributed by atoms with Gasteiger partial charge in [-0.2, -0.15) is 5.06 Å². The summed E-state index contributed by atoms with van der Waals surface area (Å²) in [5.74, 6) is -6.43. The largest absolute Gasteiger partial charge is 0.475 e. The Morgan fingerprint density at radius 2 is 1.71 bits per heavy atom. The van der Waals surface area contributed by atoms with Crippen molar-refractivity contribution in [2.75, 3.05) is 19.7 Å². The molecule has 4 amide bonds. The van der Waals surface area contributed by atoms with Gasteiger partial charge in [-0.3, -0.25) is 28.8 Å². The zero-order valence-electron chi connectivity index (χ0n) is 23.1. The number of carbonyl (C=O) groups is 7. The van der Waals surface area contributed by atoms with E-state index in [-0.39, 0.29) is 32.4 Å². The molecule has 41 heavy (non-hydrogen) atoms. The van der Waals surface area contributed by atoms with E-state index < -0.39 is 71.6 Å². The zero-order valence-corrected chi connectivity index (χ0v) is 23.1. The topological polar surface area (TPSA) is 189 Å². The summed E-state index contributed by atoms with van der Waals surface area (Å²) in [6.45, 7) is 4.43. The highest BCUT2D eigenvalue weighted by atomic mass is 16.7. The minimum absolute atomic E-state index is 0.0738. The molecule has 0 aliphatic carbocycles. The molecular formula is C27H34N4O10. The van der Waals surface area contributed by atoms with E-state index in [1.54, 1.807) is 51.1 Å². The van der Waals surface area contributed by atoms with Crippen LogP contribution in [0.1, 0.15) is 45.6 Å². The molecule has 2 heterocycles. The van der Waals surface area contributed by atoms with Crippen LogP contribution in [0.3, 0.4) is 0 Å². The summed E-state index contributed by atoms with van der Waals surface area (Å²) < 4.78 is 5.22. The molecule has 2 aliphatic rings. The van der Waals surface area contributed by atoms with Crippen LogP contribution in [0.5, 0.6) is 0 Å². The van der Waals surface area contributed by atoms with Gasteiger partial charge in [-0.25, -0.2) is 9.59 Å². The monoisotopic (exact) mass is 574 g/mol. The highest BCUT2D eigenvalue weighted by Gasteiger charge is 2.41. The quantitative estimate of drug-likeness (QED) is 0.321. The van der Waals surface area contributed by atoms with Crippen molar-refractivity contribution in [1.29, 1.82) is 0 Å². The van der Waals surface area contributed by atoms with Crippen LogP contribution in [0.4, 0.5) is 4.79 Å². The number of rotatable bonds is 10. The molecule has 1 unspecified atom stereocenters. The van der Waals surface area contributed by atoms with Crippen LogP contribution < -0.4 is 10.6 Å². The summed E-state index contributed by atoms with van der Waals surface area (Å²) in [4.78, 5) is 93.5. The van der Waals surface area contributed by atoms with E-state index in [1.165, 1.54) is 0 Å². The zero-order chi connectivity index (χ0) is 30.3. The fraction of sp³-hybridized carbons (Fsp3) is 0.519. The normalized spacial score (nSPS) is 19.3. The van der Waals surface area contributed by atoms with Gasteiger partial charge >= 0.3 is 12.1 Å². The van der Waals surface area contributed by atoms with Crippen molar-refractivity contribution < 1.29 is 48.2 Å². The molecule has 3 N–H and O–H groups in total. The molecule has 0 aromatic heterocycles. The lowest BCUT2D eigenvalue weighted by Gasteiger charge is -2.26. The van der Waals surface area contributed by atoms with Gasteiger partial charge in [0.25, 0.3) is 11.7 Å². The van der Waals surface area contributed by atoms with Crippen LogP contribution in [0.15, 0.2) is 30.3 Å². The summed E-state index contributed by atoms with van der Waals surface area (Å²) in [5, 5.41) is 14.8. The van der Waals surface area contributed by atoms with Crippen LogP contribution in [0.25, 0.3) is 0 Å². The molecule has 2 saturated heterocycles. The Morgan fingerprint density at radius 3 is 2.34 bits per heavy atom. The number of hydrogen-bond acceptors (Lipinski definition) is 9. The second-order valence-corrected chi connectivity index (χ2v) is 10.7. The lowest BCUT2D eigenvalue weighted by molar-refractivity contribution is -0.151. The van der Waals surface area contributed by atoms with E-state index in [4.69, 9.17) is 9.57 Å². The third kappa shape index (κ3) is 8.33. The molecule has 14 nitrogen and oxygen atoms in total. The number of amides is 4. The molecule has 14 heteroatoms. The molecule has 3 rings (SSSR count). The summed E-state index contributed by atoms with van der Waals surface area (Å²) in [6.07, 6.45) is -0.199. The van der Waals surface area contributed by atoms with Crippen molar-refractivity contribution in [3.63, 3.8) is 0 Å².